The van der Waals surface area contributed by atoms with Gasteiger partial charge in [-0.2, -0.15) is 0 Å². The smallest absolute Gasteiger partial charge is 0.345 e. The monoisotopic (exact) mass is 616 g/mol. The number of hydrogen-bond acceptors (Lipinski definition) is 8. The number of benzene rings is 1. The van der Waals surface area contributed by atoms with Crippen LogP contribution in [0.4, 0.5) is 0 Å². The molecular formula is C31H57O8PSi. The Morgan fingerprint density at radius 2 is 1.41 bits per heavy atom. The molecule has 0 heterocycles. The van der Waals surface area contributed by atoms with E-state index in [-0.39, 0.29) is 23.5 Å². The molecule has 0 bridgehead atoms. The molecule has 0 saturated carbocycles. The summed E-state index contributed by atoms with van der Waals surface area (Å²) < 4.78 is 50.1. The molecule has 0 aliphatic rings. The van der Waals surface area contributed by atoms with Crippen molar-refractivity contribution in [2.24, 2.45) is 5.92 Å². The zero-order valence-corrected chi connectivity index (χ0v) is 29.9. The third-order valence-electron chi connectivity index (χ3n) is 7.04. The van der Waals surface area contributed by atoms with Crippen molar-refractivity contribution in [2.45, 2.75) is 137 Å². The van der Waals surface area contributed by atoms with Crippen molar-refractivity contribution >= 4 is 21.9 Å². The molecule has 0 aliphatic heterocycles. The zero-order valence-electron chi connectivity index (χ0n) is 28.0. The van der Waals surface area contributed by atoms with Gasteiger partial charge in [-0.3, -0.25) is 9.36 Å². The Balaban J connectivity index is 3.39. The summed E-state index contributed by atoms with van der Waals surface area (Å²) in [5.74, 6) is -0.0743. The van der Waals surface area contributed by atoms with Crippen LogP contribution in [-0.4, -0.2) is 57.6 Å². The number of ether oxygens (including phenoxy) is 3. The van der Waals surface area contributed by atoms with Gasteiger partial charge >= 0.3 is 13.6 Å². The van der Waals surface area contributed by atoms with Gasteiger partial charge in [0.15, 0.2) is 14.0 Å². The lowest BCUT2D eigenvalue weighted by molar-refractivity contribution is -0.155. The Hall–Kier alpha value is -1.22. The summed E-state index contributed by atoms with van der Waals surface area (Å²) in [6.45, 7) is 26.1. The first kappa shape index (κ1) is 37.8. The van der Waals surface area contributed by atoms with Crippen LogP contribution in [0.15, 0.2) is 24.3 Å². The highest BCUT2D eigenvalue weighted by Crippen LogP contribution is 2.57. The fourth-order valence-corrected chi connectivity index (χ4v) is 7.23. The molecule has 0 aliphatic carbocycles. The van der Waals surface area contributed by atoms with Gasteiger partial charge in [-0.15, -0.1) is 0 Å². The highest BCUT2D eigenvalue weighted by molar-refractivity contribution is 7.55. The number of carbonyl (C=O) groups excluding carboxylic acids is 1. The predicted molar refractivity (Wildman–Crippen MR) is 168 cm³/mol. The normalized spacial score (nSPS) is 15.6. The summed E-state index contributed by atoms with van der Waals surface area (Å²) in [6, 6.07) is 7.70. The Labute approximate surface area is 250 Å². The molecule has 3 atom stereocenters. The van der Waals surface area contributed by atoms with E-state index >= 15 is 0 Å². The van der Waals surface area contributed by atoms with E-state index in [0.29, 0.717) is 13.2 Å². The molecule has 0 fully saturated rings. The van der Waals surface area contributed by atoms with Gasteiger partial charge in [-0.1, -0.05) is 39.8 Å². The molecule has 0 radical (unpaired) electrons. The Kier molecular flexibility index (Phi) is 14.3. The number of hydrogen-bond donors (Lipinski definition) is 0. The molecule has 0 N–H and O–H groups in total. The van der Waals surface area contributed by atoms with Crippen molar-refractivity contribution in [3.05, 3.63) is 29.8 Å². The van der Waals surface area contributed by atoms with Gasteiger partial charge in [0, 0.05) is 0 Å². The molecule has 10 heteroatoms. The van der Waals surface area contributed by atoms with Crippen LogP contribution in [0, 0.1) is 5.92 Å². The summed E-state index contributed by atoms with van der Waals surface area (Å²) in [6.07, 6.45) is -1.03. The van der Waals surface area contributed by atoms with Crippen LogP contribution in [0.2, 0.25) is 18.1 Å². The van der Waals surface area contributed by atoms with Crippen molar-refractivity contribution in [1.82, 2.24) is 0 Å². The molecule has 0 spiro atoms. The standard InChI is InChI=1S/C31H57O8PSi/c1-22(2)38-40(33,39-23(3)4)28(29(32)37-30(6,7)8)19-24(5)27(21-36-41(13,14)31(9,10)11)35-20-25-15-17-26(34-12)18-16-25/h15-18,22-24,27-28H,19-21H2,1-14H3/t24-,27-,28+/m1/s1. The van der Waals surface area contributed by atoms with Crippen LogP contribution in [0.5, 0.6) is 5.75 Å². The third kappa shape index (κ3) is 12.9. The first-order valence-corrected chi connectivity index (χ1v) is 19.2. The van der Waals surface area contributed by atoms with Gasteiger partial charge in [-0.25, -0.2) is 0 Å². The van der Waals surface area contributed by atoms with Crippen LogP contribution in [-0.2, 0) is 38.9 Å². The fraction of sp³-hybridized carbons (Fsp3) is 0.774. The number of esters is 1. The minimum atomic E-state index is -3.92. The molecule has 41 heavy (non-hydrogen) atoms. The van der Waals surface area contributed by atoms with E-state index in [1.807, 2.05) is 31.2 Å². The SMILES string of the molecule is COc1ccc(CO[C@H](CO[Si](C)(C)C(C)(C)C)[C@H](C)C[C@@H](C(=O)OC(C)(C)C)P(=O)(OC(C)C)OC(C)C)cc1. The summed E-state index contributed by atoms with van der Waals surface area (Å²) in [4.78, 5) is 13.6. The summed E-state index contributed by atoms with van der Waals surface area (Å²) in [5, 5.41) is 0.0156. The van der Waals surface area contributed by atoms with E-state index in [1.165, 1.54) is 0 Å². The lowest BCUT2D eigenvalue weighted by atomic mass is 9.98. The average Bonchev–Trinajstić information content (AvgIpc) is 2.79. The highest BCUT2D eigenvalue weighted by Gasteiger charge is 2.47. The second kappa shape index (κ2) is 15.5. The highest BCUT2D eigenvalue weighted by atomic mass is 31.2. The number of methoxy groups -OCH3 is 1. The van der Waals surface area contributed by atoms with Crippen LogP contribution < -0.4 is 4.74 Å². The van der Waals surface area contributed by atoms with Gasteiger partial charge in [0.2, 0.25) is 0 Å². The number of rotatable bonds is 16. The Morgan fingerprint density at radius 1 is 0.902 bits per heavy atom. The predicted octanol–water partition coefficient (Wildman–Crippen LogP) is 8.38. The van der Waals surface area contributed by atoms with Crippen molar-refractivity contribution in [3.8, 4) is 5.75 Å². The van der Waals surface area contributed by atoms with Gasteiger partial charge in [0.05, 0.1) is 38.6 Å². The minimum absolute atomic E-state index is 0.0156. The molecule has 8 nitrogen and oxygen atoms in total. The van der Waals surface area contributed by atoms with Crippen LogP contribution in [0.3, 0.4) is 0 Å². The fourth-order valence-electron chi connectivity index (χ4n) is 3.80. The van der Waals surface area contributed by atoms with E-state index in [4.69, 9.17) is 27.7 Å². The summed E-state index contributed by atoms with van der Waals surface area (Å²) in [7, 11) is -4.39. The maximum absolute atomic E-state index is 14.3. The molecule has 0 amide bonds. The van der Waals surface area contributed by atoms with E-state index < -0.39 is 45.4 Å². The third-order valence-corrected chi connectivity index (χ3v) is 14.2. The van der Waals surface area contributed by atoms with Gasteiger partial charge in [0.1, 0.15) is 11.4 Å². The van der Waals surface area contributed by atoms with E-state index in [1.54, 1.807) is 55.6 Å². The summed E-state index contributed by atoms with van der Waals surface area (Å²) >= 11 is 0. The topological polar surface area (TPSA) is 89.5 Å². The quantitative estimate of drug-likeness (QED) is 0.104. The largest absolute Gasteiger partial charge is 0.497 e. The first-order chi connectivity index (χ1) is 18.6. The Morgan fingerprint density at radius 3 is 1.83 bits per heavy atom. The van der Waals surface area contributed by atoms with Crippen LogP contribution >= 0.6 is 7.60 Å². The molecule has 1 aromatic rings. The summed E-state index contributed by atoms with van der Waals surface area (Å²) in [5.41, 5.74) is -0.910. The maximum atomic E-state index is 14.3. The second-order valence-electron chi connectivity index (χ2n) is 13.9. The molecule has 1 rings (SSSR count). The molecule has 238 valence electrons. The molecule has 1 aromatic carbocycles. The second-order valence-corrected chi connectivity index (χ2v) is 20.8. The maximum Gasteiger partial charge on any atom is 0.345 e. The van der Waals surface area contributed by atoms with Gasteiger partial charge < -0.3 is 27.7 Å². The van der Waals surface area contributed by atoms with Crippen LogP contribution in [0.1, 0.15) is 88.1 Å². The van der Waals surface area contributed by atoms with Crippen molar-refractivity contribution in [3.63, 3.8) is 0 Å². The molecule has 0 aromatic heterocycles. The lowest BCUT2D eigenvalue weighted by Gasteiger charge is -2.38. The zero-order chi connectivity index (χ0) is 31.8. The van der Waals surface area contributed by atoms with Crippen molar-refractivity contribution in [2.75, 3.05) is 13.7 Å². The molecular weight excluding hydrogens is 559 g/mol. The first-order valence-electron chi connectivity index (χ1n) is 14.7. The van der Waals surface area contributed by atoms with Gasteiger partial charge in [0.25, 0.3) is 0 Å². The molecule has 0 saturated heterocycles. The van der Waals surface area contributed by atoms with Crippen molar-refractivity contribution in [1.29, 1.82) is 0 Å². The van der Waals surface area contributed by atoms with E-state index in [2.05, 4.69) is 33.9 Å². The van der Waals surface area contributed by atoms with E-state index in [0.717, 1.165) is 11.3 Å². The van der Waals surface area contributed by atoms with Crippen LogP contribution in [0.25, 0.3) is 0 Å². The Bertz CT molecular complexity index is 965. The number of carbonyl (C=O) groups is 1. The van der Waals surface area contributed by atoms with Gasteiger partial charge in [-0.05, 0) is 96.6 Å². The minimum Gasteiger partial charge on any atom is -0.497 e. The van der Waals surface area contributed by atoms with Crippen molar-refractivity contribution < 1.29 is 37.0 Å². The lowest BCUT2D eigenvalue weighted by Crippen LogP contribution is -2.44. The van der Waals surface area contributed by atoms with E-state index in [9.17, 15) is 9.36 Å². The average molecular weight is 617 g/mol. The molecule has 0 unspecified atom stereocenters.